The summed E-state index contributed by atoms with van der Waals surface area (Å²) in [5.41, 5.74) is 4.10. The van der Waals surface area contributed by atoms with Gasteiger partial charge in [0.15, 0.2) is 0 Å². The van der Waals surface area contributed by atoms with Crippen LogP contribution in [0, 0.1) is 19.7 Å². The normalized spacial score (nSPS) is 10.9. The van der Waals surface area contributed by atoms with Gasteiger partial charge >= 0.3 is 0 Å². The van der Waals surface area contributed by atoms with E-state index in [-0.39, 0.29) is 12.1 Å². The smallest absolute Gasteiger partial charge is 0.254 e. The molecule has 0 atom stereocenters. The summed E-state index contributed by atoms with van der Waals surface area (Å²) in [5.74, 6) is 0.526. The molecular formula is C25H24FN3O2. The molecule has 3 aromatic carbocycles. The highest BCUT2D eigenvalue weighted by molar-refractivity contribution is 5.94. The summed E-state index contributed by atoms with van der Waals surface area (Å²) in [6.07, 6.45) is 0. The first-order valence-corrected chi connectivity index (χ1v) is 10.2. The lowest BCUT2D eigenvalue weighted by atomic mass is 10.1. The van der Waals surface area contributed by atoms with Crippen LogP contribution in [0.25, 0.3) is 11.0 Å². The molecule has 0 aliphatic carbocycles. The summed E-state index contributed by atoms with van der Waals surface area (Å²) in [5, 5.41) is 2.78. The van der Waals surface area contributed by atoms with Gasteiger partial charge < -0.3 is 14.6 Å². The van der Waals surface area contributed by atoms with Crippen LogP contribution in [0.3, 0.4) is 0 Å². The Kier molecular flexibility index (Phi) is 5.98. The van der Waals surface area contributed by atoms with Gasteiger partial charge in [-0.25, -0.2) is 9.37 Å². The number of hydrogen-bond donors (Lipinski definition) is 1. The first kappa shape index (κ1) is 20.6. The molecule has 0 aliphatic heterocycles. The molecule has 4 aromatic rings. The fourth-order valence-electron chi connectivity index (χ4n) is 3.62. The molecule has 5 nitrogen and oxygen atoms in total. The van der Waals surface area contributed by atoms with Gasteiger partial charge in [0, 0.05) is 0 Å². The number of imidazole rings is 1. The van der Waals surface area contributed by atoms with Crippen molar-refractivity contribution in [3.8, 4) is 5.75 Å². The van der Waals surface area contributed by atoms with E-state index >= 15 is 0 Å². The minimum Gasteiger partial charge on any atom is -0.491 e. The van der Waals surface area contributed by atoms with Gasteiger partial charge in [0.2, 0.25) is 0 Å². The monoisotopic (exact) mass is 417 g/mol. The van der Waals surface area contributed by atoms with Crippen molar-refractivity contribution in [3.05, 3.63) is 95.1 Å². The molecule has 1 N–H and O–H groups in total. The molecular weight excluding hydrogens is 393 g/mol. The Labute approximate surface area is 180 Å². The van der Waals surface area contributed by atoms with Crippen LogP contribution < -0.4 is 10.1 Å². The zero-order valence-electron chi connectivity index (χ0n) is 17.6. The first-order valence-electron chi connectivity index (χ1n) is 10.2. The zero-order valence-corrected chi connectivity index (χ0v) is 17.6. The average Bonchev–Trinajstić information content (AvgIpc) is 3.11. The summed E-state index contributed by atoms with van der Waals surface area (Å²) in [6, 6.07) is 19.8. The minimum absolute atomic E-state index is 0.0170. The number of benzene rings is 3. The van der Waals surface area contributed by atoms with Gasteiger partial charge in [0.05, 0.1) is 29.7 Å². The standard InChI is InChI=1S/C25H24FN3O2/c1-17-11-12-23(18(2)15-17)31-14-13-29-22-10-6-5-9-21(22)28-24(29)16-27-25(30)19-7-3-4-8-20(19)26/h3-12,15H,13-14,16H2,1-2H3,(H,27,30). The van der Waals surface area contributed by atoms with Crippen LogP contribution >= 0.6 is 0 Å². The number of nitrogens with zero attached hydrogens (tertiary/aromatic N) is 2. The van der Waals surface area contributed by atoms with E-state index in [1.54, 1.807) is 12.1 Å². The second-order valence-electron chi connectivity index (χ2n) is 7.45. The van der Waals surface area contributed by atoms with E-state index in [4.69, 9.17) is 4.74 Å². The lowest BCUT2D eigenvalue weighted by molar-refractivity contribution is 0.0945. The number of amides is 1. The van der Waals surface area contributed by atoms with Gasteiger partial charge in [-0.05, 0) is 49.7 Å². The highest BCUT2D eigenvalue weighted by Gasteiger charge is 2.14. The number of aromatic nitrogens is 2. The number of para-hydroxylation sites is 2. The molecule has 1 amide bonds. The van der Waals surface area contributed by atoms with Crippen LogP contribution in [0.1, 0.15) is 27.3 Å². The Morgan fingerprint density at radius 3 is 2.65 bits per heavy atom. The Morgan fingerprint density at radius 1 is 1.06 bits per heavy atom. The number of fused-ring (bicyclic) bond motifs is 1. The van der Waals surface area contributed by atoms with Gasteiger partial charge in [0.25, 0.3) is 5.91 Å². The molecule has 0 aliphatic rings. The van der Waals surface area contributed by atoms with Gasteiger partial charge in [-0.3, -0.25) is 4.79 Å². The molecule has 0 bridgehead atoms. The van der Waals surface area contributed by atoms with Gasteiger partial charge in [0.1, 0.15) is 24.0 Å². The third kappa shape index (κ3) is 4.58. The van der Waals surface area contributed by atoms with Crippen LogP contribution in [0.4, 0.5) is 4.39 Å². The van der Waals surface area contributed by atoms with E-state index in [9.17, 15) is 9.18 Å². The third-order valence-electron chi connectivity index (χ3n) is 5.16. The fourth-order valence-corrected chi connectivity index (χ4v) is 3.62. The van der Waals surface area contributed by atoms with Crippen molar-refractivity contribution >= 4 is 16.9 Å². The highest BCUT2D eigenvalue weighted by atomic mass is 19.1. The van der Waals surface area contributed by atoms with Crippen molar-refractivity contribution in [1.82, 2.24) is 14.9 Å². The lowest BCUT2D eigenvalue weighted by Crippen LogP contribution is -2.26. The number of nitrogens with one attached hydrogen (secondary N) is 1. The summed E-state index contributed by atoms with van der Waals surface area (Å²) < 4.78 is 21.9. The predicted molar refractivity (Wildman–Crippen MR) is 119 cm³/mol. The largest absolute Gasteiger partial charge is 0.491 e. The lowest BCUT2D eigenvalue weighted by Gasteiger charge is -2.13. The van der Waals surface area contributed by atoms with Crippen molar-refractivity contribution < 1.29 is 13.9 Å². The van der Waals surface area contributed by atoms with Crippen LogP contribution in [0.15, 0.2) is 66.7 Å². The van der Waals surface area contributed by atoms with Crippen LogP contribution in [0.5, 0.6) is 5.75 Å². The highest BCUT2D eigenvalue weighted by Crippen LogP contribution is 2.20. The maximum atomic E-state index is 13.9. The van der Waals surface area contributed by atoms with Crippen molar-refractivity contribution in [2.45, 2.75) is 26.9 Å². The molecule has 158 valence electrons. The summed E-state index contributed by atoms with van der Waals surface area (Å²) >= 11 is 0. The second kappa shape index (κ2) is 9.00. The number of halogens is 1. The summed E-state index contributed by atoms with van der Waals surface area (Å²) in [4.78, 5) is 17.1. The summed E-state index contributed by atoms with van der Waals surface area (Å²) in [6.45, 7) is 5.29. The molecule has 4 rings (SSSR count). The number of ether oxygens (including phenoxy) is 1. The van der Waals surface area contributed by atoms with E-state index in [1.807, 2.05) is 47.9 Å². The van der Waals surface area contributed by atoms with Crippen LogP contribution in [0.2, 0.25) is 0 Å². The van der Waals surface area contributed by atoms with Crippen LogP contribution in [-0.4, -0.2) is 22.1 Å². The van der Waals surface area contributed by atoms with Crippen molar-refractivity contribution in [3.63, 3.8) is 0 Å². The number of carbonyl (C=O) groups is 1. The average molecular weight is 417 g/mol. The molecule has 31 heavy (non-hydrogen) atoms. The third-order valence-corrected chi connectivity index (χ3v) is 5.16. The van der Waals surface area contributed by atoms with Gasteiger partial charge in [-0.1, -0.05) is 42.0 Å². The number of aryl methyl sites for hydroxylation is 2. The quantitative estimate of drug-likeness (QED) is 0.470. The molecule has 6 heteroatoms. The molecule has 0 fully saturated rings. The predicted octanol–water partition coefficient (Wildman–Crippen LogP) is 4.80. The second-order valence-corrected chi connectivity index (χ2v) is 7.45. The van der Waals surface area contributed by atoms with E-state index in [2.05, 4.69) is 23.3 Å². The van der Waals surface area contributed by atoms with E-state index in [0.717, 1.165) is 22.3 Å². The zero-order chi connectivity index (χ0) is 21.8. The minimum atomic E-state index is -0.546. The van der Waals surface area contributed by atoms with Crippen molar-refractivity contribution in [2.75, 3.05) is 6.61 Å². The summed E-state index contributed by atoms with van der Waals surface area (Å²) in [7, 11) is 0. The van der Waals surface area contributed by atoms with Crippen LogP contribution in [-0.2, 0) is 13.1 Å². The topological polar surface area (TPSA) is 56.1 Å². The van der Waals surface area contributed by atoms with Gasteiger partial charge in [-0.2, -0.15) is 0 Å². The molecule has 0 spiro atoms. The molecule has 0 radical (unpaired) electrons. The van der Waals surface area contributed by atoms with E-state index in [0.29, 0.717) is 19.0 Å². The fraction of sp³-hybridized carbons (Fsp3) is 0.200. The molecule has 0 unspecified atom stereocenters. The molecule has 1 heterocycles. The molecule has 0 saturated heterocycles. The number of carbonyl (C=O) groups excluding carboxylic acids is 1. The first-order chi connectivity index (χ1) is 15.0. The number of rotatable bonds is 7. The number of hydrogen-bond acceptors (Lipinski definition) is 3. The molecule has 1 aromatic heterocycles. The Hall–Kier alpha value is -3.67. The SMILES string of the molecule is Cc1ccc(OCCn2c(CNC(=O)c3ccccc3F)nc3ccccc32)c(C)c1. The Balaban J connectivity index is 1.50. The Bertz CT molecular complexity index is 1230. The Morgan fingerprint density at radius 2 is 1.84 bits per heavy atom. The van der Waals surface area contributed by atoms with Gasteiger partial charge in [-0.15, -0.1) is 0 Å². The van der Waals surface area contributed by atoms with Crippen molar-refractivity contribution in [2.24, 2.45) is 0 Å². The van der Waals surface area contributed by atoms with Crippen molar-refractivity contribution in [1.29, 1.82) is 0 Å². The maximum absolute atomic E-state index is 13.9. The molecule has 0 saturated carbocycles. The van der Waals surface area contributed by atoms with E-state index < -0.39 is 11.7 Å². The maximum Gasteiger partial charge on any atom is 0.254 e. The van der Waals surface area contributed by atoms with E-state index in [1.165, 1.54) is 17.7 Å².